The molecule has 0 aliphatic carbocycles. The van der Waals surface area contributed by atoms with E-state index in [0.29, 0.717) is 23.0 Å². The highest BCUT2D eigenvalue weighted by molar-refractivity contribution is 5.36. The fraction of sp³-hybridized carbons (Fsp3) is 0.214. The van der Waals surface area contributed by atoms with Crippen molar-refractivity contribution in [1.82, 2.24) is 19.8 Å². The molecule has 7 nitrogen and oxygen atoms in total. The monoisotopic (exact) mass is 288 g/mol. The number of para-hydroxylation sites is 1. The predicted molar refractivity (Wildman–Crippen MR) is 74.4 cm³/mol. The van der Waals surface area contributed by atoms with E-state index < -0.39 is 0 Å². The van der Waals surface area contributed by atoms with Gasteiger partial charge in [0.25, 0.3) is 0 Å². The van der Waals surface area contributed by atoms with Gasteiger partial charge in [0.05, 0.1) is 13.2 Å². The Morgan fingerprint density at radius 1 is 1.38 bits per heavy atom. The van der Waals surface area contributed by atoms with Crippen molar-refractivity contribution in [2.75, 3.05) is 0 Å². The number of tetrazole rings is 1. The number of aromatic nitrogens is 4. The van der Waals surface area contributed by atoms with E-state index >= 15 is 0 Å². The molecular formula is C14H14N4O3. The van der Waals surface area contributed by atoms with Gasteiger partial charge in [-0.25, -0.2) is 4.79 Å². The number of aryl methyl sites for hydroxylation is 2. The van der Waals surface area contributed by atoms with Gasteiger partial charge in [0.1, 0.15) is 24.3 Å². The average molecular weight is 288 g/mol. The summed E-state index contributed by atoms with van der Waals surface area (Å²) in [5.74, 6) is 0.676. The molecule has 2 aromatic heterocycles. The summed E-state index contributed by atoms with van der Waals surface area (Å²) in [5, 5.41) is 7.45. The zero-order valence-corrected chi connectivity index (χ0v) is 11.6. The number of hydrogen-bond acceptors (Lipinski definition) is 5. The average Bonchev–Trinajstić information content (AvgIpc) is 3.06. The maximum atomic E-state index is 11.9. The fourth-order valence-electron chi connectivity index (χ4n) is 1.89. The van der Waals surface area contributed by atoms with E-state index in [1.54, 1.807) is 18.2 Å². The molecule has 0 spiro atoms. The highest BCUT2D eigenvalue weighted by Gasteiger charge is 2.14. The first-order chi connectivity index (χ1) is 10.6. The third-order valence-corrected chi connectivity index (χ3v) is 3.07. The normalized spacial score (nSPS) is 11.4. The van der Waals surface area contributed by atoms with Crippen LogP contribution in [0.1, 0.15) is 12.5 Å². The van der Waals surface area contributed by atoms with Crippen molar-refractivity contribution in [3.8, 4) is 11.4 Å². The summed E-state index contributed by atoms with van der Waals surface area (Å²) >= 11 is 0. The van der Waals surface area contributed by atoms with Crippen molar-refractivity contribution in [3.05, 3.63) is 58.4 Å². The van der Waals surface area contributed by atoms with Crippen molar-refractivity contribution in [3.63, 3.8) is 0 Å². The molecule has 0 bridgehead atoms. The Hall–Kier alpha value is -2.83. The van der Waals surface area contributed by atoms with Gasteiger partial charge in [-0.3, -0.25) is 0 Å². The van der Waals surface area contributed by atoms with Crippen LogP contribution >= 0.6 is 0 Å². The van der Waals surface area contributed by atoms with Crippen LogP contribution in [0.15, 0.2) is 46.0 Å². The number of rotatable bonds is 4. The van der Waals surface area contributed by atoms with Gasteiger partial charge in [-0.15, -0.1) is 0 Å². The van der Waals surface area contributed by atoms with Crippen LogP contribution in [0.3, 0.4) is 0 Å². The van der Waals surface area contributed by atoms with Crippen molar-refractivity contribution < 1.29 is 10.5 Å². The number of nitrogens with zero attached hydrogens (tertiary/aromatic N) is 4. The first-order valence-electron chi connectivity index (χ1n) is 6.81. The van der Waals surface area contributed by atoms with Crippen LogP contribution in [-0.4, -0.2) is 19.8 Å². The lowest BCUT2D eigenvalue weighted by Gasteiger charge is -2.08. The lowest BCUT2D eigenvalue weighted by Crippen LogP contribution is -2.22. The van der Waals surface area contributed by atoms with E-state index in [0.717, 1.165) is 14.9 Å². The van der Waals surface area contributed by atoms with Gasteiger partial charge in [0.2, 0.25) is 0 Å². The van der Waals surface area contributed by atoms with E-state index in [2.05, 4.69) is 10.4 Å². The maximum Gasteiger partial charge on any atom is 0.368 e. The topological polar surface area (TPSA) is 75.1 Å². The zero-order chi connectivity index (χ0) is 15.7. The minimum absolute atomic E-state index is 0.215. The summed E-state index contributed by atoms with van der Waals surface area (Å²) in [6.45, 7) is 2.09. The molecule has 21 heavy (non-hydrogen) atoms. The maximum absolute atomic E-state index is 11.9. The quantitative estimate of drug-likeness (QED) is 0.726. The summed E-state index contributed by atoms with van der Waals surface area (Å²) in [4.78, 5) is 11.9. The number of hydrogen-bond donors (Lipinski definition) is 0. The largest absolute Gasteiger partial charge is 0.488 e. The molecule has 0 unspecified atom stereocenters. The molecule has 0 saturated carbocycles. The molecule has 0 aliphatic rings. The fourth-order valence-corrected chi connectivity index (χ4v) is 1.89. The molecule has 0 saturated heterocycles. The molecule has 2 heterocycles. The van der Waals surface area contributed by atoms with Crippen LogP contribution in [0.4, 0.5) is 0 Å². The van der Waals surface area contributed by atoms with Crippen molar-refractivity contribution in [1.29, 1.82) is 0 Å². The lowest BCUT2D eigenvalue weighted by molar-refractivity contribution is 0.302. The first kappa shape index (κ1) is 12.0. The van der Waals surface area contributed by atoms with Crippen LogP contribution < -0.4 is 10.4 Å². The molecule has 0 atom stereocenters. The smallest absolute Gasteiger partial charge is 0.368 e. The van der Waals surface area contributed by atoms with E-state index in [-0.39, 0.29) is 12.3 Å². The lowest BCUT2D eigenvalue weighted by atomic mass is 10.2. The molecule has 0 radical (unpaired) electrons. The van der Waals surface area contributed by atoms with Crippen molar-refractivity contribution >= 4 is 0 Å². The van der Waals surface area contributed by atoms with E-state index in [4.69, 9.17) is 10.5 Å². The Morgan fingerprint density at radius 3 is 2.95 bits per heavy atom. The Balaban J connectivity index is 1.84. The minimum Gasteiger partial charge on any atom is -0.488 e. The molecule has 3 rings (SSSR count). The molecule has 0 fully saturated rings. The number of benzene rings is 1. The third kappa shape index (κ3) is 2.45. The molecule has 3 aromatic rings. The van der Waals surface area contributed by atoms with Crippen LogP contribution in [0, 0.1) is 6.92 Å². The Morgan fingerprint density at radius 2 is 2.24 bits per heavy atom. The summed E-state index contributed by atoms with van der Waals surface area (Å²) < 4.78 is 20.7. The Kier molecular flexibility index (Phi) is 3.00. The summed E-state index contributed by atoms with van der Waals surface area (Å²) in [6.07, 6.45) is 2.93. The molecular weight excluding hydrogens is 272 g/mol. The highest BCUT2D eigenvalue weighted by Crippen LogP contribution is 2.20. The first-order valence-corrected chi connectivity index (χ1v) is 6.31. The summed E-state index contributed by atoms with van der Waals surface area (Å²) in [7, 11) is 1.52. The van der Waals surface area contributed by atoms with Crippen LogP contribution in [0.25, 0.3) is 5.69 Å². The third-order valence-electron chi connectivity index (χ3n) is 3.07. The van der Waals surface area contributed by atoms with Gasteiger partial charge < -0.3 is 9.15 Å². The molecule has 7 heteroatoms. The molecule has 1 aromatic carbocycles. The van der Waals surface area contributed by atoms with Crippen molar-refractivity contribution in [2.45, 2.75) is 13.5 Å². The van der Waals surface area contributed by atoms with Gasteiger partial charge in [-0.05, 0) is 29.0 Å². The number of furan rings is 1. The standard InChI is InChI=1S/C14H14N4O3/c1-10-5-3-4-6-13(10)21-8-11-7-20-9-12(11)18-14(19)17(2)15-16-18/h3-7,9H,8H2,1-2H3/i3T. The molecule has 0 aliphatic heterocycles. The van der Waals surface area contributed by atoms with Crippen molar-refractivity contribution in [2.24, 2.45) is 7.05 Å². The van der Waals surface area contributed by atoms with Crippen LogP contribution in [0.5, 0.6) is 5.75 Å². The predicted octanol–water partition coefficient (Wildman–Crippen LogP) is 1.45. The Bertz CT molecular complexity index is 865. The number of ether oxygens (including phenoxy) is 1. The Labute approximate surface area is 121 Å². The van der Waals surface area contributed by atoms with E-state index in [9.17, 15) is 4.79 Å². The second kappa shape index (κ2) is 5.28. The van der Waals surface area contributed by atoms with Gasteiger partial charge in [0.15, 0.2) is 0 Å². The second-order valence-corrected chi connectivity index (χ2v) is 4.56. The minimum atomic E-state index is -0.364. The summed E-state index contributed by atoms with van der Waals surface area (Å²) in [5.41, 5.74) is 1.68. The van der Waals surface area contributed by atoms with Gasteiger partial charge in [-0.2, -0.15) is 9.36 Å². The molecule has 108 valence electrons. The molecule has 0 amide bonds. The summed E-state index contributed by atoms with van der Waals surface area (Å²) in [6, 6.07) is 5.55. The molecule has 0 N–H and O–H groups in total. The van der Waals surface area contributed by atoms with Crippen LogP contribution in [-0.2, 0) is 13.7 Å². The van der Waals surface area contributed by atoms with E-state index in [1.165, 1.54) is 19.6 Å². The second-order valence-electron chi connectivity index (χ2n) is 4.56. The van der Waals surface area contributed by atoms with Gasteiger partial charge in [0, 0.05) is 7.05 Å². The highest BCUT2D eigenvalue weighted by atomic mass is 16.5. The van der Waals surface area contributed by atoms with Crippen LogP contribution in [0.2, 0.25) is 0 Å². The van der Waals surface area contributed by atoms with Gasteiger partial charge >= 0.3 is 5.69 Å². The van der Waals surface area contributed by atoms with E-state index in [1.807, 2.05) is 6.92 Å². The zero-order valence-electron chi connectivity index (χ0n) is 12.6. The van der Waals surface area contributed by atoms with Gasteiger partial charge in [-0.1, -0.05) is 18.2 Å². The SMILES string of the molecule is [3H]c1ccc(OCc2cocc2-n2nnn(C)c2=O)c(C)c1.